The van der Waals surface area contributed by atoms with E-state index in [1.807, 2.05) is 6.07 Å². The highest BCUT2D eigenvalue weighted by atomic mass is 33.1. The Bertz CT molecular complexity index is 568. The number of aromatic nitrogens is 1. The minimum atomic E-state index is -1.69. The van der Waals surface area contributed by atoms with Crippen LogP contribution in [0.1, 0.15) is 19.8 Å². The highest BCUT2D eigenvalue weighted by molar-refractivity contribution is 8.77. The molecule has 1 saturated heterocycles. The molecule has 112 valence electrons. The van der Waals surface area contributed by atoms with E-state index in [-0.39, 0.29) is 6.42 Å². The number of nitrogens with zero attached hydrogens (tertiary/aromatic N) is 2. The number of hydroxylamine groups is 2. The molecule has 0 saturated carbocycles. The van der Waals surface area contributed by atoms with Gasteiger partial charge in [-0.3, -0.25) is 14.4 Å². The first kappa shape index (κ1) is 15.6. The van der Waals surface area contributed by atoms with Crippen molar-refractivity contribution < 1.29 is 24.3 Å². The summed E-state index contributed by atoms with van der Waals surface area (Å²) in [5.74, 6) is -1.30. The Kier molecular flexibility index (Phi) is 4.73. The van der Waals surface area contributed by atoms with E-state index in [2.05, 4.69) is 9.82 Å². The van der Waals surface area contributed by atoms with Gasteiger partial charge in [-0.05, 0) is 29.3 Å². The van der Waals surface area contributed by atoms with Crippen LogP contribution in [0.3, 0.4) is 0 Å². The normalized spacial score (nSPS) is 21.7. The van der Waals surface area contributed by atoms with Gasteiger partial charge in [-0.15, -0.1) is 0 Å². The Morgan fingerprint density at radius 2 is 2.29 bits per heavy atom. The van der Waals surface area contributed by atoms with E-state index < -0.39 is 22.7 Å². The fourth-order valence-corrected chi connectivity index (χ4v) is 4.49. The number of pyridine rings is 1. The molecule has 1 aromatic rings. The zero-order valence-corrected chi connectivity index (χ0v) is 12.6. The van der Waals surface area contributed by atoms with Crippen molar-refractivity contribution in [2.75, 3.05) is 0 Å². The second kappa shape index (κ2) is 6.35. The number of rotatable bonds is 5. The minimum Gasteiger partial charge on any atom is -0.448 e. The predicted octanol–water partition coefficient (Wildman–Crippen LogP) is 2.34. The van der Waals surface area contributed by atoms with Gasteiger partial charge in [0, 0.05) is 6.20 Å². The number of carbonyl (C=O) groups excluding carboxylic acids is 2. The Morgan fingerprint density at radius 3 is 2.86 bits per heavy atom. The van der Waals surface area contributed by atoms with Gasteiger partial charge in [0.2, 0.25) is 0 Å². The predicted molar refractivity (Wildman–Crippen MR) is 76.3 cm³/mol. The van der Waals surface area contributed by atoms with E-state index in [1.54, 1.807) is 25.3 Å². The third-order valence-electron chi connectivity index (χ3n) is 2.90. The van der Waals surface area contributed by atoms with Gasteiger partial charge < -0.3 is 5.11 Å². The standard InChI is InChI=1S/C12H12N2O5S2/c1-2-12(21-20-8-5-3-4-6-13-8)7-9(15)14(10(12)16)19-11(17)18/h3-6H,2,7H2,1H3,(H,17,18). The fourth-order valence-electron chi connectivity index (χ4n) is 1.78. The summed E-state index contributed by atoms with van der Waals surface area (Å²) in [6, 6.07) is 5.38. The first-order chi connectivity index (χ1) is 9.98. The summed E-state index contributed by atoms with van der Waals surface area (Å²) in [7, 11) is 2.47. The molecule has 0 bridgehead atoms. The SMILES string of the molecule is CCC1(SSc2ccccn2)CC(=O)N(OC(=O)O)C1=O. The topological polar surface area (TPSA) is 96.8 Å². The van der Waals surface area contributed by atoms with Crippen LogP contribution in [-0.4, -0.2) is 37.9 Å². The zero-order valence-electron chi connectivity index (χ0n) is 11.0. The average molecular weight is 328 g/mol. The summed E-state index contributed by atoms with van der Waals surface area (Å²) in [6.07, 6.45) is 0.218. The summed E-state index contributed by atoms with van der Waals surface area (Å²) >= 11 is 0. The van der Waals surface area contributed by atoms with Crippen LogP contribution < -0.4 is 0 Å². The first-order valence-electron chi connectivity index (χ1n) is 6.03. The smallest absolute Gasteiger partial charge is 0.448 e. The molecular weight excluding hydrogens is 316 g/mol. The highest BCUT2D eigenvalue weighted by Gasteiger charge is 2.53. The summed E-state index contributed by atoms with van der Waals surface area (Å²) in [5.41, 5.74) is 0. The molecule has 2 amide bonds. The average Bonchev–Trinajstić information content (AvgIpc) is 2.71. The van der Waals surface area contributed by atoms with Gasteiger partial charge in [0.15, 0.2) is 0 Å². The minimum absolute atomic E-state index is 0.0971. The molecule has 1 atom stereocenters. The largest absolute Gasteiger partial charge is 0.531 e. The molecule has 0 spiro atoms. The number of hydrogen-bond acceptors (Lipinski definition) is 7. The lowest BCUT2D eigenvalue weighted by Gasteiger charge is -2.22. The molecule has 0 aliphatic carbocycles. The maximum Gasteiger partial charge on any atom is 0.531 e. The quantitative estimate of drug-likeness (QED) is 0.650. The molecule has 1 N–H and O–H groups in total. The van der Waals surface area contributed by atoms with E-state index in [9.17, 15) is 14.4 Å². The van der Waals surface area contributed by atoms with E-state index in [4.69, 9.17) is 5.11 Å². The molecule has 1 aliphatic heterocycles. The second-order valence-corrected chi connectivity index (χ2v) is 6.74. The van der Waals surface area contributed by atoms with Crippen molar-refractivity contribution >= 4 is 39.6 Å². The van der Waals surface area contributed by atoms with Gasteiger partial charge >= 0.3 is 6.16 Å². The monoisotopic (exact) mass is 328 g/mol. The summed E-state index contributed by atoms with van der Waals surface area (Å²) < 4.78 is -1.03. The maximum atomic E-state index is 12.3. The van der Waals surface area contributed by atoms with Crippen molar-refractivity contribution in [1.29, 1.82) is 0 Å². The third-order valence-corrected chi connectivity index (χ3v) is 6.04. The summed E-state index contributed by atoms with van der Waals surface area (Å²) in [6.45, 7) is 1.77. The number of amides is 2. The van der Waals surface area contributed by atoms with Gasteiger partial charge in [0.1, 0.15) is 9.77 Å². The molecule has 0 aromatic carbocycles. The van der Waals surface area contributed by atoms with Crippen molar-refractivity contribution in [2.45, 2.75) is 29.5 Å². The molecular formula is C12H12N2O5S2. The van der Waals surface area contributed by atoms with Crippen LogP contribution in [0.5, 0.6) is 0 Å². The Labute approximate surface area is 128 Å². The van der Waals surface area contributed by atoms with Gasteiger partial charge in [0.05, 0.1) is 6.42 Å². The van der Waals surface area contributed by atoms with Crippen molar-refractivity contribution in [3.63, 3.8) is 0 Å². The second-order valence-electron chi connectivity index (χ2n) is 4.21. The van der Waals surface area contributed by atoms with Crippen LogP contribution in [0.25, 0.3) is 0 Å². The number of imide groups is 1. The molecule has 2 heterocycles. The summed E-state index contributed by atoms with van der Waals surface area (Å²) in [4.78, 5) is 43.0. The van der Waals surface area contributed by atoms with Crippen LogP contribution in [-0.2, 0) is 14.4 Å². The van der Waals surface area contributed by atoms with Crippen molar-refractivity contribution in [3.05, 3.63) is 24.4 Å². The zero-order chi connectivity index (χ0) is 15.5. The lowest BCUT2D eigenvalue weighted by molar-refractivity contribution is -0.176. The Balaban J connectivity index is 2.12. The van der Waals surface area contributed by atoms with Crippen LogP contribution in [0, 0.1) is 0 Å². The molecule has 0 radical (unpaired) electrons. The van der Waals surface area contributed by atoms with Crippen LogP contribution in [0.15, 0.2) is 29.4 Å². The van der Waals surface area contributed by atoms with Gasteiger partial charge in [-0.2, -0.15) is 0 Å². The molecule has 21 heavy (non-hydrogen) atoms. The van der Waals surface area contributed by atoms with E-state index in [0.29, 0.717) is 16.5 Å². The van der Waals surface area contributed by atoms with Crippen molar-refractivity contribution in [1.82, 2.24) is 10.0 Å². The van der Waals surface area contributed by atoms with Gasteiger partial charge in [0.25, 0.3) is 11.8 Å². The van der Waals surface area contributed by atoms with Crippen LogP contribution in [0.2, 0.25) is 0 Å². The number of carboxylic acid groups (broad SMARTS) is 1. The molecule has 2 rings (SSSR count). The Morgan fingerprint density at radius 1 is 1.52 bits per heavy atom. The molecule has 1 aliphatic rings. The van der Waals surface area contributed by atoms with Crippen LogP contribution >= 0.6 is 21.6 Å². The summed E-state index contributed by atoms with van der Waals surface area (Å²) in [5, 5.41) is 9.60. The first-order valence-corrected chi connectivity index (χ1v) is 8.18. The van der Waals surface area contributed by atoms with E-state index in [0.717, 1.165) is 0 Å². The number of carbonyl (C=O) groups is 3. The molecule has 7 nitrogen and oxygen atoms in total. The van der Waals surface area contributed by atoms with Crippen LogP contribution in [0.4, 0.5) is 4.79 Å². The third kappa shape index (κ3) is 3.30. The molecule has 1 unspecified atom stereocenters. The highest BCUT2D eigenvalue weighted by Crippen LogP contribution is 2.48. The Hall–Kier alpha value is -1.74. The van der Waals surface area contributed by atoms with E-state index >= 15 is 0 Å². The fraction of sp³-hybridized carbons (Fsp3) is 0.333. The molecule has 9 heteroatoms. The molecule has 1 aromatic heterocycles. The van der Waals surface area contributed by atoms with Gasteiger partial charge in [-0.25, -0.2) is 9.78 Å². The number of hydrogen-bond donors (Lipinski definition) is 1. The van der Waals surface area contributed by atoms with Crippen molar-refractivity contribution in [3.8, 4) is 0 Å². The van der Waals surface area contributed by atoms with Gasteiger partial charge in [-0.1, -0.05) is 28.8 Å². The lowest BCUT2D eigenvalue weighted by Crippen LogP contribution is -2.38. The van der Waals surface area contributed by atoms with E-state index in [1.165, 1.54) is 21.6 Å². The van der Waals surface area contributed by atoms with Crippen molar-refractivity contribution in [2.24, 2.45) is 0 Å². The lowest BCUT2D eigenvalue weighted by atomic mass is 10.0. The molecule has 1 fully saturated rings. The maximum absolute atomic E-state index is 12.3.